The highest BCUT2D eigenvalue weighted by atomic mass is 19.1. The third kappa shape index (κ3) is 1.76. The topological polar surface area (TPSA) is 44.8 Å². The summed E-state index contributed by atoms with van der Waals surface area (Å²) >= 11 is 0. The second-order valence-electron chi connectivity index (χ2n) is 4.77. The van der Waals surface area contributed by atoms with Crippen LogP contribution in [0, 0.1) is 17.7 Å². The van der Waals surface area contributed by atoms with Crippen LogP contribution < -0.4 is 9.47 Å². The predicted octanol–water partition coefficient (Wildman–Crippen LogP) is 2.12. The Labute approximate surface area is 110 Å². The van der Waals surface area contributed by atoms with Gasteiger partial charge in [0.25, 0.3) is 0 Å². The van der Waals surface area contributed by atoms with Crippen LogP contribution in [0.3, 0.4) is 0 Å². The summed E-state index contributed by atoms with van der Waals surface area (Å²) in [5.74, 6) is -0.0952. The zero-order chi connectivity index (χ0) is 13.6. The number of hydrogen-bond donors (Lipinski definition) is 0. The Balaban J connectivity index is 1.96. The molecule has 1 fully saturated rings. The van der Waals surface area contributed by atoms with Crippen molar-refractivity contribution in [3.05, 3.63) is 23.5 Å². The van der Waals surface area contributed by atoms with Gasteiger partial charge in [0.2, 0.25) is 0 Å². The minimum atomic E-state index is -0.350. The standard InChI is InChI=1S/C14H15FO4/c1-3-18-14(16)11-7-6-19-13-9(17-2)5-4-8(15)12(13)10(7)11/h4-5,7,10-11H,3,6H2,1-2H3/t7-,10+,11?/m1/s1. The molecule has 102 valence electrons. The van der Waals surface area contributed by atoms with E-state index in [1.807, 2.05) is 0 Å². The van der Waals surface area contributed by atoms with Gasteiger partial charge >= 0.3 is 5.97 Å². The first-order valence-corrected chi connectivity index (χ1v) is 6.34. The van der Waals surface area contributed by atoms with Gasteiger partial charge in [-0.05, 0) is 19.1 Å². The number of carbonyl (C=O) groups excluding carboxylic acids is 1. The zero-order valence-corrected chi connectivity index (χ0v) is 10.8. The molecule has 3 atom stereocenters. The van der Waals surface area contributed by atoms with E-state index >= 15 is 0 Å². The molecule has 1 aliphatic carbocycles. The molecule has 0 spiro atoms. The number of ether oxygens (including phenoxy) is 3. The molecule has 2 aliphatic rings. The van der Waals surface area contributed by atoms with Crippen molar-refractivity contribution in [2.45, 2.75) is 12.8 Å². The van der Waals surface area contributed by atoms with Gasteiger partial charge in [-0.15, -0.1) is 0 Å². The molecular formula is C14H15FO4. The Morgan fingerprint density at radius 3 is 3.00 bits per heavy atom. The maximum absolute atomic E-state index is 14.0. The predicted molar refractivity (Wildman–Crippen MR) is 64.8 cm³/mol. The number of benzene rings is 1. The largest absolute Gasteiger partial charge is 0.493 e. The van der Waals surface area contributed by atoms with E-state index in [0.717, 1.165) is 0 Å². The molecule has 0 bridgehead atoms. The van der Waals surface area contributed by atoms with Crippen molar-refractivity contribution in [2.24, 2.45) is 11.8 Å². The lowest BCUT2D eigenvalue weighted by molar-refractivity contribution is -0.145. The third-order valence-corrected chi connectivity index (χ3v) is 3.81. The summed E-state index contributed by atoms with van der Waals surface area (Å²) in [5.41, 5.74) is 0.452. The molecule has 1 saturated carbocycles. The minimum absolute atomic E-state index is 0.0214. The number of hydrogen-bond acceptors (Lipinski definition) is 4. The number of carbonyl (C=O) groups is 1. The fourth-order valence-corrected chi connectivity index (χ4v) is 2.89. The van der Waals surface area contributed by atoms with E-state index in [1.165, 1.54) is 19.2 Å². The Bertz CT molecular complexity index is 528. The SMILES string of the molecule is CCOC(=O)C1[C@H]2c3c(F)ccc(OC)c3OC[C@@H]12. The lowest BCUT2D eigenvalue weighted by Crippen LogP contribution is -2.11. The smallest absolute Gasteiger partial charge is 0.309 e. The van der Waals surface area contributed by atoms with E-state index in [4.69, 9.17) is 14.2 Å². The number of fused-ring (bicyclic) bond motifs is 3. The highest BCUT2D eigenvalue weighted by Crippen LogP contribution is 2.61. The average molecular weight is 266 g/mol. The highest BCUT2D eigenvalue weighted by Gasteiger charge is 2.61. The molecule has 3 rings (SSSR count). The normalized spacial score (nSPS) is 26.8. The average Bonchev–Trinajstić information content (AvgIpc) is 3.13. The summed E-state index contributed by atoms with van der Waals surface area (Å²) in [5, 5.41) is 0. The first-order valence-electron chi connectivity index (χ1n) is 6.34. The summed E-state index contributed by atoms with van der Waals surface area (Å²) in [7, 11) is 1.51. The number of rotatable bonds is 3. The maximum Gasteiger partial charge on any atom is 0.309 e. The van der Waals surface area contributed by atoms with Gasteiger partial charge in [0.05, 0.1) is 26.2 Å². The van der Waals surface area contributed by atoms with Gasteiger partial charge in [-0.2, -0.15) is 0 Å². The molecule has 19 heavy (non-hydrogen) atoms. The molecule has 4 nitrogen and oxygen atoms in total. The van der Waals surface area contributed by atoms with Gasteiger partial charge in [-0.25, -0.2) is 4.39 Å². The van der Waals surface area contributed by atoms with Crippen molar-refractivity contribution >= 4 is 5.97 Å². The summed E-state index contributed by atoms with van der Waals surface area (Å²) in [6, 6.07) is 2.89. The van der Waals surface area contributed by atoms with E-state index in [0.29, 0.717) is 30.3 Å². The van der Waals surface area contributed by atoms with Crippen LogP contribution in [0.4, 0.5) is 4.39 Å². The van der Waals surface area contributed by atoms with Crippen LogP contribution in [0.25, 0.3) is 0 Å². The van der Waals surface area contributed by atoms with Crippen molar-refractivity contribution in [1.29, 1.82) is 0 Å². The zero-order valence-electron chi connectivity index (χ0n) is 10.8. The Kier molecular flexibility index (Phi) is 2.84. The molecule has 0 aromatic heterocycles. The molecule has 0 amide bonds. The molecule has 0 N–H and O–H groups in total. The van der Waals surface area contributed by atoms with Crippen LogP contribution in [0.15, 0.2) is 12.1 Å². The molecular weight excluding hydrogens is 251 g/mol. The molecule has 1 unspecified atom stereocenters. The number of esters is 1. The van der Waals surface area contributed by atoms with Gasteiger partial charge in [-0.1, -0.05) is 0 Å². The lowest BCUT2D eigenvalue weighted by Gasteiger charge is -2.19. The Hall–Kier alpha value is -1.78. The van der Waals surface area contributed by atoms with Crippen LogP contribution in [0.2, 0.25) is 0 Å². The number of halogens is 1. The van der Waals surface area contributed by atoms with E-state index in [-0.39, 0.29) is 29.5 Å². The minimum Gasteiger partial charge on any atom is -0.493 e. The van der Waals surface area contributed by atoms with Gasteiger partial charge in [-0.3, -0.25) is 4.79 Å². The quantitative estimate of drug-likeness (QED) is 0.786. The maximum atomic E-state index is 14.0. The molecule has 1 heterocycles. The number of methoxy groups -OCH3 is 1. The molecule has 1 aromatic carbocycles. The van der Waals surface area contributed by atoms with Crippen LogP contribution in [-0.2, 0) is 9.53 Å². The summed E-state index contributed by atoms with van der Waals surface area (Å²) < 4.78 is 29.8. The lowest BCUT2D eigenvalue weighted by atomic mass is 10.0. The Morgan fingerprint density at radius 1 is 1.53 bits per heavy atom. The highest BCUT2D eigenvalue weighted by molar-refractivity contribution is 5.79. The summed E-state index contributed by atoms with van der Waals surface area (Å²) in [6.45, 7) is 2.50. The van der Waals surface area contributed by atoms with Crippen molar-refractivity contribution in [3.8, 4) is 11.5 Å². The van der Waals surface area contributed by atoms with E-state index in [9.17, 15) is 9.18 Å². The Morgan fingerprint density at radius 2 is 2.32 bits per heavy atom. The second kappa shape index (κ2) is 4.40. The monoisotopic (exact) mass is 266 g/mol. The second-order valence-corrected chi connectivity index (χ2v) is 4.77. The van der Waals surface area contributed by atoms with Crippen molar-refractivity contribution in [2.75, 3.05) is 20.3 Å². The first kappa shape index (κ1) is 12.3. The van der Waals surface area contributed by atoms with Crippen LogP contribution in [0.5, 0.6) is 11.5 Å². The van der Waals surface area contributed by atoms with Gasteiger partial charge in [0, 0.05) is 17.4 Å². The molecule has 0 radical (unpaired) electrons. The van der Waals surface area contributed by atoms with Crippen LogP contribution in [-0.4, -0.2) is 26.3 Å². The summed E-state index contributed by atoms with van der Waals surface area (Å²) in [4.78, 5) is 11.8. The van der Waals surface area contributed by atoms with Crippen LogP contribution in [0.1, 0.15) is 18.4 Å². The molecule has 1 aromatic rings. The van der Waals surface area contributed by atoms with Gasteiger partial charge in [0.15, 0.2) is 11.5 Å². The van der Waals surface area contributed by atoms with Crippen molar-refractivity contribution in [1.82, 2.24) is 0 Å². The van der Waals surface area contributed by atoms with Gasteiger partial charge in [0.1, 0.15) is 5.82 Å². The molecule has 0 saturated heterocycles. The van der Waals surface area contributed by atoms with E-state index in [2.05, 4.69) is 0 Å². The molecule has 5 heteroatoms. The van der Waals surface area contributed by atoms with E-state index in [1.54, 1.807) is 6.92 Å². The van der Waals surface area contributed by atoms with Crippen LogP contribution >= 0.6 is 0 Å². The summed E-state index contributed by atoms with van der Waals surface area (Å²) in [6.07, 6.45) is 0. The van der Waals surface area contributed by atoms with E-state index < -0.39 is 0 Å². The fourth-order valence-electron chi connectivity index (χ4n) is 2.89. The van der Waals surface area contributed by atoms with Crippen molar-refractivity contribution in [3.63, 3.8) is 0 Å². The molecule has 1 aliphatic heterocycles. The fraction of sp³-hybridized carbons (Fsp3) is 0.500. The van der Waals surface area contributed by atoms with Crippen molar-refractivity contribution < 1.29 is 23.4 Å². The van der Waals surface area contributed by atoms with Gasteiger partial charge < -0.3 is 14.2 Å². The first-order chi connectivity index (χ1) is 9.19. The third-order valence-electron chi connectivity index (χ3n) is 3.81.